The van der Waals surface area contributed by atoms with Gasteiger partial charge in [0.05, 0.1) is 11.7 Å². The second-order valence-electron chi connectivity index (χ2n) is 4.27. The number of benzene rings is 1. The van der Waals surface area contributed by atoms with E-state index >= 15 is 0 Å². The topological polar surface area (TPSA) is 56.7 Å². The summed E-state index contributed by atoms with van der Waals surface area (Å²) < 4.78 is 15.1. The molecule has 1 fully saturated rings. The molecule has 0 spiro atoms. The Morgan fingerprint density at radius 1 is 1.41 bits per heavy atom. The van der Waals surface area contributed by atoms with E-state index in [9.17, 15) is 4.39 Å². The molecule has 1 aliphatic carbocycles. The molecule has 2 aromatic rings. The van der Waals surface area contributed by atoms with E-state index in [4.69, 9.17) is 5.73 Å². The molecule has 1 aromatic carbocycles. The molecule has 0 aliphatic heterocycles. The summed E-state index contributed by atoms with van der Waals surface area (Å²) in [6.07, 6.45) is 2.21. The molecule has 0 atom stereocenters. The first-order valence-electron chi connectivity index (χ1n) is 5.69. The van der Waals surface area contributed by atoms with Gasteiger partial charge in [-0.05, 0) is 25.0 Å². The zero-order valence-electron chi connectivity index (χ0n) is 9.31. The SMILES string of the molecule is NCc1nnn(C2CC2)c1-c1cccc(F)c1. The summed E-state index contributed by atoms with van der Waals surface area (Å²) in [5.41, 5.74) is 8.02. The molecule has 0 amide bonds. The maximum Gasteiger partial charge on any atom is 0.123 e. The minimum Gasteiger partial charge on any atom is -0.325 e. The quantitative estimate of drug-likeness (QED) is 0.879. The van der Waals surface area contributed by atoms with Gasteiger partial charge in [0.2, 0.25) is 0 Å². The third-order valence-electron chi connectivity index (χ3n) is 2.95. The van der Waals surface area contributed by atoms with Crippen LogP contribution in [-0.4, -0.2) is 15.0 Å². The van der Waals surface area contributed by atoms with Crippen LogP contribution < -0.4 is 5.73 Å². The van der Waals surface area contributed by atoms with Gasteiger partial charge in [0.1, 0.15) is 11.5 Å². The third-order valence-corrected chi connectivity index (χ3v) is 2.95. The number of rotatable bonds is 3. The van der Waals surface area contributed by atoms with Gasteiger partial charge < -0.3 is 5.73 Å². The van der Waals surface area contributed by atoms with Crippen molar-refractivity contribution in [1.29, 1.82) is 0 Å². The van der Waals surface area contributed by atoms with Crippen molar-refractivity contribution < 1.29 is 4.39 Å². The summed E-state index contributed by atoms with van der Waals surface area (Å²) >= 11 is 0. The van der Waals surface area contributed by atoms with Crippen LogP contribution in [0, 0.1) is 5.82 Å². The van der Waals surface area contributed by atoms with Crippen molar-refractivity contribution in [3.63, 3.8) is 0 Å². The van der Waals surface area contributed by atoms with Gasteiger partial charge in [0.25, 0.3) is 0 Å². The number of hydrogen-bond donors (Lipinski definition) is 1. The summed E-state index contributed by atoms with van der Waals surface area (Å²) in [6.45, 7) is 0.318. The van der Waals surface area contributed by atoms with E-state index in [0.29, 0.717) is 12.6 Å². The maximum atomic E-state index is 13.3. The molecule has 0 saturated heterocycles. The summed E-state index contributed by atoms with van der Waals surface area (Å²) in [4.78, 5) is 0. The molecule has 2 N–H and O–H groups in total. The van der Waals surface area contributed by atoms with E-state index < -0.39 is 0 Å². The lowest BCUT2D eigenvalue weighted by Gasteiger charge is -2.06. The van der Waals surface area contributed by atoms with Gasteiger partial charge in [-0.3, -0.25) is 0 Å². The highest BCUT2D eigenvalue weighted by molar-refractivity contribution is 5.62. The van der Waals surface area contributed by atoms with Crippen LogP contribution in [0.15, 0.2) is 24.3 Å². The van der Waals surface area contributed by atoms with Gasteiger partial charge in [-0.25, -0.2) is 9.07 Å². The molecule has 17 heavy (non-hydrogen) atoms. The number of nitrogens with two attached hydrogens (primary N) is 1. The van der Waals surface area contributed by atoms with Crippen LogP contribution in [-0.2, 0) is 6.54 Å². The van der Waals surface area contributed by atoms with Crippen molar-refractivity contribution in [2.24, 2.45) is 5.73 Å². The van der Waals surface area contributed by atoms with E-state index in [0.717, 1.165) is 29.8 Å². The van der Waals surface area contributed by atoms with Crippen LogP contribution in [0.1, 0.15) is 24.6 Å². The molecule has 1 aliphatic rings. The number of halogens is 1. The van der Waals surface area contributed by atoms with Crippen LogP contribution in [0.5, 0.6) is 0 Å². The standard InChI is InChI=1S/C12H13FN4/c13-9-3-1-2-8(6-9)12-11(7-14)15-16-17(12)10-4-5-10/h1-3,6,10H,4-5,7,14H2. The average Bonchev–Trinajstić information content (AvgIpc) is 3.08. The Bertz CT molecular complexity index is 545. The highest BCUT2D eigenvalue weighted by Gasteiger charge is 2.29. The van der Waals surface area contributed by atoms with Crippen LogP contribution >= 0.6 is 0 Å². The second-order valence-corrected chi connectivity index (χ2v) is 4.27. The fourth-order valence-electron chi connectivity index (χ4n) is 1.97. The highest BCUT2D eigenvalue weighted by Crippen LogP contribution is 2.38. The Hall–Kier alpha value is -1.75. The second kappa shape index (κ2) is 3.92. The molecule has 88 valence electrons. The molecule has 0 unspecified atom stereocenters. The molecule has 4 nitrogen and oxygen atoms in total. The van der Waals surface area contributed by atoms with Gasteiger partial charge in [0.15, 0.2) is 0 Å². The van der Waals surface area contributed by atoms with E-state index in [2.05, 4.69) is 10.3 Å². The van der Waals surface area contributed by atoms with E-state index in [-0.39, 0.29) is 5.82 Å². The normalized spacial score (nSPS) is 15.2. The Labute approximate surface area is 98.2 Å². The first kappa shape index (κ1) is 10.4. The van der Waals surface area contributed by atoms with Crippen molar-refractivity contribution in [2.75, 3.05) is 0 Å². The van der Waals surface area contributed by atoms with Crippen LogP contribution in [0.2, 0.25) is 0 Å². The van der Waals surface area contributed by atoms with Gasteiger partial charge >= 0.3 is 0 Å². The number of hydrogen-bond acceptors (Lipinski definition) is 3. The van der Waals surface area contributed by atoms with Crippen LogP contribution in [0.25, 0.3) is 11.3 Å². The fraction of sp³-hybridized carbons (Fsp3) is 0.333. The lowest BCUT2D eigenvalue weighted by atomic mass is 10.1. The van der Waals surface area contributed by atoms with E-state index in [1.807, 2.05) is 10.7 Å². The average molecular weight is 232 g/mol. The van der Waals surface area contributed by atoms with E-state index in [1.54, 1.807) is 6.07 Å². The Balaban J connectivity index is 2.14. The smallest absolute Gasteiger partial charge is 0.123 e. The number of aromatic nitrogens is 3. The molecular weight excluding hydrogens is 219 g/mol. The predicted molar refractivity (Wildman–Crippen MR) is 61.6 cm³/mol. The fourth-order valence-corrected chi connectivity index (χ4v) is 1.97. The van der Waals surface area contributed by atoms with Gasteiger partial charge in [-0.1, -0.05) is 17.3 Å². The largest absolute Gasteiger partial charge is 0.325 e. The van der Waals surface area contributed by atoms with Crippen molar-refractivity contribution in [1.82, 2.24) is 15.0 Å². The zero-order valence-corrected chi connectivity index (χ0v) is 9.31. The summed E-state index contributed by atoms with van der Waals surface area (Å²) in [7, 11) is 0. The molecule has 0 radical (unpaired) electrons. The first-order valence-corrected chi connectivity index (χ1v) is 5.69. The minimum atomic E-state index is -0.256. The van der Waals surface area contributed by atoms with Crippen molar-refractivity contribution in [3.05, 3.63) is 35.8 Å². The summed E-state index contributed by atoms with van der Waals surface area (Å²) in [5, 5.41) is 8.19. The van der Waals surface area contributed by atoms with Crippen LogP contribution in [0.4, 0.5) is 4.39 Å². The Kier molecular flexibility index (Phi) is 2.40. The molecule has 1 heterocycles. The molecule has 0 bridgehead atoms. The Morgan fingerprint density at radius 3 is 2.88 bits per heavy atom. The summed E-state index contributed by atoms with van der Waals surface area (Å²) in [5.74, 6) is -0.256. The molecular formula is C12H13FN4. The summed E-state index contributed by atoms with van der Waals surface area (Å²) in [6, 6.07) is 6.88. The zero-order chi connectivity index (χ0) is 11.8. The van der Waals surface area contributed by atoms with Crippen molar-refractivity contribution >= 4 is 0 Å². The number of nitrogens with zero attached hydrogens (tertiary/aromatic N) is 3. The van der Waals surface area contributed by atoms with Gasteiger partial charge in [-0.15, -0.1) is 5.10 Å². The van der Waals surface area contributed by atoms with Crippen molar-refractivity contribution in [3.8, 4) is 11.3 Å². The maximum absolute atomic E-state index is 13.3. The lowest BCUT2D eigenvalue weighted by Crippen LogP contribution is -2.02. The molecule has 1 saturated carbocycles. The van der Waals surface area contributed by atoms with Gasteiger partial charge in [-0.2, -0.15) is 0 Å². The predicted octanol–water partition coefficient (Wildman–Crippen LogP) is 1.88. The molecule has 5 heteroatoms. The highest BCUT2D eigenvalue weighted by atomic mass is 19.1. The lowest BCUT2D eigenvalue weighted by molar-refractivity contribution is 0.613. The first-order chi connectivity index (χ1) is 8.29. The van der Waals surface area contributed by atoms with Crippen LogP contribution in [0.3, 0.4) is 0 Å². The minimum absolute atomic E-state index is 0.256. The molecule has 1 aromatic heterocycles. The third kappa shape index (κ3) is 1.82. The molecule has 3 rings (SSSR count). The van der Waals surface area contributed by atoms with E-state index in [1.165, 1.54) is 12.1 Å². The monoisotopic (exact) mass is 232 g/mol. The van der Waals surface area contributed by atoms with Crippen molar-refractivity contribution in [2.45, 2.75) is 25.4 Å². The van der Waals surface area contributed by atoms with Gasteiger partial charge in [0, 0.05) is 12.1 Å². The Morgan fingerprint density at radius 2 is 2.24 bits per heavy atom.